The molecule has 2 aliphatic heterocycles. The largest absolute Gasteiger partial charge is 0.381 e. The summed E-state index contributed by atoms with van der Waals surface area (Å²) < 4.78 is 7.59. The Bertz CT molecular complexity index is 1300. The van der Waals surface area contributed by atoms with E-state index in [9.17, 15) is 19.2 Å². The van der Waals surface area contributed by atoms with E-state index < -0.39 is 6.04 Å². The van der Waals surface area contributed by atoms with Crippen molar-refractivity contribution in [2.45, 2.75) is 97.3 Å². The van der Waals surface area contributed by atoms with Crippen LogP contribution in [-0.2, 0) is 32.2 Å². The zero-order valence-electron chi connectivity index (χ0n) is 22.8. The van der Waals surface area contributed by atoms with E-state index in [1.807, 2.05) is 19.1 Å². The maximum atomic E-state index is 13.9. The number of piperidine rings is 1. The van der Waals surface area contributed by atoms with Crippen molar-refractivity contribution in [2.24, 2.45) is 5.41 Å². The van der Waals surface area contributed by atoms with Crippen molar-refractivity contribution in [3.05, 3.63) is 29.0 Å². The third-order valence-electron chi connectivity index (χ3n) is 8.46. The van der Waals surface area contributed by atoms with Crippen molar-refractivity contribution in [1.29, 1.82) is 0 Å². The molecule has 5 rings (SSSR count). The fourth-order valence-electron chi connectivity index (χ4n) is 6.23. The van der Waals surface area contributed by atoms with Crippen LogP contribution in [0.1, 0.15) is 93.8 Å². The molecule has 9 heteroatoms. The lowest BCUT2D eigenvalue weighted by Crippen LogP contribution is -2.44. The van der Waals surface area contributed by atoms with Crippen molar-refractivity contribution < 1.29 is 23.9 Å². The van der Waals surface area contributed by atoms with Crippen LogP contribution in [0.2, 0.25) is 0 Å². The zero-order chi connectivity index (χ0) is 27.2. The van der Waals surface area contributed by atoms with Crippen molar-refractivity contribution in [1.82, 2.24) is 20.0 Å². The number of benzene rings is 1. The smallest absolute Gasteiger partial charge is 0.245 e. The number of amides is 2. The lowest BCUT2D eigenvalue weighted by molar-refractivity contribution is -0.139. The molecule has 1 aliphatic carbocycles. The predicted octanol–water partition coefficient (Wildman–Crippen LogP) is 3.52. The maximum Gasteiger partial charge on any atom is 0.245 e. The Morgan fingerprint density at radius 1 is 1.21 bits per heavy atom. The first-order valence-corrected chi connectivity index (χ1v) is 13.9. The Kier molecular flexibility index (Phi) is 7.15. The number of hydrogen-bond acceptors (Lipinski definition) is 6. The van der Waals surface area contributed by atoms with Crippen LogP contribution in [-0.4, -0.2) is 63.4 Å². The lowest BCUT2D eigenvalue weighted by Gasteiger charge is -2.26. The first-order chi connectivity index (χ1) is 18.1. The molecule has 3 aliphatic rings. The van der Waals surface area contributed by atoms with Gasteiger partial charge in [0.2, 0.25) is 11.8 Å². The third-order valence-corrected chi connectivity index (χ3v) is 8.46. The van der Waals surface area contributed by atoms with Gasteiger partial charge in [-0.2, -0.15) is 5.10 Å². The van der Waals surface area contributed by atoms with Gasteiger partial charge in [-0.15, -0.1) is 0 Å². The Morgan fingerprint density at radius 3 is 2.71 bits per heavy atom. The number of carbonyl (C=O) groups excluding carboxylic acids is 4. The fraction of sp³-hybridized carbons (Fsp3) is 0.621. The minimum atomic E-state index is -0.450. The van der Waals surface area contributed by atoms with Gasteiger partial charge in [-0.25, -0.2) is 0 Å². The highest BCUT2D eigenvalue weighted by Crippen LogP contribution is 2.60. The Morgan fingerprint density at radius 2 is 2.00 bits per heavy atom. The van der Waals surface area contributed by atoms with Gasteiger partial charge in [0.25, 0.3) is 0 Å². The molecule has 3 atom stereocenters. The molecule has 0 unspecified atom stereocenters. The first-order valence-electron chi connectivity index (χ1n) is 13.9. The van der Waals surface area contributed by atoms with E-state index in [-0.39, 0.29) is 53.8 Å². The van der Waals surface area contributed by atoms with Gasteiger partial charge in [-0.3, -0.25) is 23.9 Å². The number of Topliss-reactive ketones (excluding diaryl/α,β-unsaturated/α-hetero) is 2. The summed E-state index contributed by atoms with van der Waals surface area (Å²) in [4.78, 5) is 53.8. The number of aromatic nitrogens is 2. The Hall–Kier alpha value is -3.07. The summed E-state index contributed by atoms with van der Waals surface area (Å²) >= 11 is 0. The van der Waals surface area contributed by atoms with E-state index >= 15 is 0 Å². The van der Waals surface area contributed by atoms with E-state index in [1.54, 1.807) is 9.58 Å². The Labute approximate surface area is 223 Å². The van der Waals surface area contributed by atoms with E-state index in [2.05, 4.69) is 24.3 Å². The first kappa shape index (κ1) is 26.5. The number of ether oxygens (including phenoxy) is 1. The maximum absolute atomic E-state index is 13.9. The third kappa shape index (κ3) is 4.77. The van der Waals surface area contributed by atoms with E-state index in [0.717, 1.165) is 30.4 Å². The molecule has 1 saturated carbocycles. The monoisotopic (exact) mass is 522 g/mol. The molecule has 2 aromatic rings. The van der Waals surface area contributed by atoms with Gasteiger partial charge < -0.3 is 15.0 Å². The molecule has 2 fully saturated rings. The van der Waals surface area contributed by atoms with Crippen molar-refractivity contribution in [3.63, 3.8) is 0 Å². The number of hydrogen-bond donors (Lipinski definition) is 1. The summed E-state index contributed by atoms with van der Waals surface area (Å²) in [6, 6.07) is 3.54. The molecule has 204 valence electrons. The molecule has 2 bridgehead atoms. The number of ketones is 2. The van der Waals surface area contributed by atoms with E-state index in [4.69, 9.17) is 4.74 Å². The highest BCUT2D eigenvalue weighted by molar-refractivity contribution is 6.06. The van der Waals surface area contributed by atoms with Crippen LogP contribution in [0.5, 0.6) is 0 Å². The summed E-state index contributed by atoms with van der Waals surface area (Å²) in [7, 11) is 0. The molecule has 3 heterocycles. The SMILES string of the molecule is CCC(=O)[C@@H]1C[C@]23COCCCCC(=O)NCc4cc(C(C)C)cc5c(C(C)=O)nn(c45)CC(=O)N1[C@@H]2C3. The number of nitrogens with zero attached hydrogens (tertiary/aromatic N) is 3. The van der Waals surface area contributed by atoms with Crippen LogP contribution < -0.4 is 5.32 Å². The van der Waals surface area contributed by atoms with Gasteiger partial charge in [0.05, 0.1) is 18.2 Å². The molecule has 38 heavy (non-hydrogen) atoms. The summed E-state index contributed by atoms with van der Waals surface area (Å²) in [6.45, 7) is 8.74. The highest BCUT2D eigenvalue weighted by Gasteiger charge is 2.66. The Balaban J connectivity index is 1.59. The van der Waals surface area contributed by atoms with Crippen LogP contribution >= 0.6 is 0 Å². The van der Waals surface area contributed by atoms with E-state index in [0.29, 0.717) is 49.1 Å². The normalized spacial score (nSPS) is 26.3. The standard InChI is InChI=1S/C29H38N4O5/c1-5-23(35)22-12-29-13-24(29)33(22)26(37)15-32-28-20(14-30-25(36)8-6-7-9-38-16-29)10-19(17(2)3)11-21(28)27(31-32)18(4)34/h10-11,17,22,24H,5-9,12-16H2,1-4H3,(H,30,36)/t22-,24+,29-/m0/s1. The van der Waals surface area contributed by atoms with Crippen LogP contribution in [0.15, 0.2) is 12.1 Å². The quantitative estimate of drug-likeness (QED) is 0.616. The van der Waals surface area contributed by atoms with Crippen molar-refractivity contribution in [2.75, 3.05) is 13.2 Å². The van der Waals surface area contributed by atoms with Crippen LogP contribution in [0.25, 0.3) is 10.9 Å². The summed E-state index contributed by atoms with van der Waals surface area (Å²) in [5.74, 6) is -0.128. The summed E-state index contributed by atoms with van der Waals surface area (Å²) in [6.07, 6.45) is 3.73. The van der Waals surface area contributed by atoms with Gasteiger partial charge in [-0.1, -0.05) is 26.8 Å². The average molecular weight is 523 g/mol. The van der Waals surface area contributed by atoms with Crippen LogP contribution in [0.3, 0.4) is 0 Å². The molecule has 1 N–H and O–H groups in total. The number of rotatable bonds is 4. The van der Waals surface area contributed by atoms with Gasteiger partial charge in [0.1, 0.15) is 12.2 Å². The second kappa shape index (κ2) is 10.2. The summed E-state index contributed by atoms with van der Waals surface area (Å²) in [5, 5.41) is 8.32. The van der Waals surface area contributed by atoms with Crippen LogP contribution in [0, 0.1) is 5.41 Å². The van der Waals surface area contributed by atoms with Gasteiger partial charge in [0.15, 0.2) is 11.6 Å². The van der Waals surface area contributed by atoms with Gasteiger partial charge >= 0.3 is 0 Å². The van der Waals surface area contributed by atoms with Gasteiger partial charge in [0, 0.05) is 49.8 Å². The lowest BCUT2D eigenvalue weighted by atomic mass is 9.96. The average Bonchev–Trinajstić information content (AvgIpc) is 3.29. The molecule has 1 saturated heterocycles. The summed E-state index contributed by atoms with van der Waals surface area (Å²) in [5.41, 5.74) is 2.68. The van der Waals surface area contributed by atoms with Crippen molar-refractivity contribution >= 4 is 34.3 Å². The number of nitrogens with one attached hydrogen (secondary N) is 1. The number of carbonyl (C=O) groups is 4. The second-order valence-corrected chi connectivity index (χ2v) is 11.5. The molecule has 1 aromatic heterocycles. The molecule has 2 amide bonds. The van der Waals surface area contributed by atoms with Crippen LogP contribution in [0.4, 0.5) is 0 Å². The second-order valence-electron chi connectivity index (χ2n) is 11.5. The minimum absolute atomic E-state index is 0.0180. The van der Waals surface area contributed by atoms with E-state index in [1.165, 1.54) is 6.92 Å². The molecule has 9 nitrogen and oxygen atoms in total. The van der Waals surface area contributed by atoms with Gasteiger partial charge in [-0.05, 0) is 48.8 Å². The molecule has 1 aromatic carbocycles. The molecule has 0 radical (unpaired) electrons. The molecular weight excluding hydrogens is 484 g/mol. The predicted molar refractivity (Wildman–Crippen MR) is 142 cm³/mol. The topological polar surface area (TPSA) is 111 Å². The molecular formula is C29H38N4O5. The fourth-order valence-corrected chi connectivity index (χ4v) is 6.23. The zero-order valence-corrected chi connectivity index (χ0v) is 22.8. The minimum Gasteiger partial charge on any atom is -0.381 e. The highest BCUT2D eigenvalue weighted by atomic mass is 16.5. The molecule has 0 spiro atoms. The van der Waals surface area contributed by atoms with Crippen molar-refractivity contribution in [3.8, 4) is 0 Å².